The fourth-order valence-electron chi connectivity index (χ4n) is 5.12. The molecule has 1 saturated heterocycles. The van der Waals surface area contributed by atoms with Gasteiger partial charge in [0.05, 0.1) is 5.69 Å². The molecule has 3 aromatic rings. The number of nitrogens with zero attached hydrogens (tertiary/aromatic N) is 3. The topological polar surface area (TPSA) is 19.4 Å². The quantitative estimate of drug-likeness (QED) is 0.414. The van der Waals surface area contributed by atoms with Crippen LogP contribution in [0.2, 0.25) is 0 Å². The third-order valence-electron chi connectivity index (χ3n) is 7.84. The summed E-state index contributed by atoms with van der Waals surface area (Å²) in [6, 6.07) is 13.8. The number of pyridine rings is 1. The third kappa shape index (κ3) is 5.95. The van der Waals surface area contributed by atoms with E-state index in [9.17, 15) is 0 Å². The van der Waals surface area contributed by atoms with Crippen molar-refractivity contribution in [2.45, 2.75) is 60.9 Å². The molecule has 4 rings (SSSR count). The maximum absolute atomic E-state index is 4.67. The van der Waals surface area contributed by atoms with Crippen molar-refractivity contribution in [2.24, 2.45) is 0 Å². The molecule has 0 N–H and O–H groups in total. The minimum atomic E-state index is 1.01. The number of aryl methyl sites for hydroxylation is 5. The van der Waals surface area contributed by atoms with Crippen molar-refractivity contribution in [2.75, 3.05) is 32.7 Å². The Balaban J connectivity index is 1.27. The van der Waals surface area contributed by atoms with Crippen LogP contribution in [0.3, 0.4) is 0 Å². The molecule has 1 aliphatic rings. The lowest BCUT2D eigenvalue weighted by molar-refractivity contribution is 0.126. The molecule has 0 aliphatic carbocycles. The van der Waals surface area contributed by atoms with Gasteiger partial charge in [-0.25, -0.2) is 0 Å². The average molecular weight is 456 g/mol. The van der Waals surface area contributed by atoms with Crippen molar-refractivity contribution >= 4 is 0 Å². The smallest absolute Gasteiger partial charge is 0.0705 e. The highest BCUT2D eigenvalue weighted by atomic mass is 15.3. The van der Waals surface area contributed by atoms with E-state index in [0.29, 0.717) is 0 Å². The van der Waals surface area contributed by atoms with E-state index in [0.717, 1.165) is 25.3 Å². The predicted molar refractivity (Wildman–Crippen MR) is 145 cm³/mol. The Morgan fingerprint density at radius 3 is 1.85 bits per heavy atom. The van der Waals surface area contributed by atoms with E-state index >= 15 is 0 Å². The Bertz CT molecular complexity index is 1090. The highest BCUT2D eigenvalue weighted by molar-refractivity contribution is 5.63. The van der Waals surface area contributed by atoms with Crippen LogP contribution in [-0.4, -0.2) is 47.5 Å². The number of benzene rings is 2. The van der Waals surface area contributed by atoms with Crippen LogP contribution in [0.4, 0.5) is 0 Å². The average Bonchev–Trinajstić information content (AvgIpc) is 2.82. The van der Waals surface area contributed by atoms with Gasteiger partial charge in [-0.2, -0.15) is 0 Å². The molecule has 0 atom stereocenters. The maximum Gasteiger partial charge on any atom is 0.0705 e. The van der Waals surface area contributed by atoms with E-state index in [1.165, 1.54) is 82.5 Å². The highest BCUT2D eigenvalue weighted by Gasteiger charge is 2.17. The van der Waals surface area contributed by atoms with E-state index in [2.05, 4.69) is 92.7 Å². The van der Waals surface area contributed by atoms with Gasteiger partial charge in [0.1, 0.15) is 0 Å². The van der Waals surface area contributed by atoms with Crippen LogP contribution in [-0.2, 0) is 13.0 Å². The minimum Gasteiger partial charge on any atom is -0.301 e. The fourth-order valence-corrected chi connectivity index (χ4v) is 5.12. The van der Waals surface area contributed by atoms with Gasteiger partial charge in [0.2, 0.25) is 0 Å². The Kier molecular flexibility index (Phi) is 7.85. The predicted octanol–water partition coefficient (Wildman–Crippen LogP) is 6.35. The number of rotatable bonds is 7. The molecule has 1 fully saturated rings. The van der Waals surface area contributed by atoms with Crippen molar-refractivity contribution in [3.05, 3.63) is 87.1 Å². The lowest BCUT2D eigenvalue weighted by Crippen LogP contribution is -2.46. The van der Waals surface area contributed by atoms with Crippen LogP contribution in [0.25, 0.3) is 11.3 Å². The third-order valence-corrected chi connectivity index (χ3v) is 7.84. The van der Waals surface area contributed by atoms with Gasteiger partial charge in [0, 0.05) is 44.5 Å². The molecular formula is C31H41N3. The van der Waals surface area contributed by atoms with Gasteiger partial charge in [-0.3, -0.25) is 9.88 Å². The van der Waals surface area contributed by atoms with Crippen molar-refractivity contribution < 1.29 is 0 Å². The van der Waals surface area contributed by atoms with Crippen molar-refractivity contribution in [1.29, 1.82) is 0 Å². The Hall–Kier alpha value is -2.49. The Morgan fingerprint density at radius 2 is 1.24 bits per heavy atom. The van der Waals surface area contributed by atoms with Crippen LogP contribution >= 0.6 is 0 Å². The van der Waals surface area contributed by atoms with Crippen LogP contribution in [0.1, 0.15) is 50.9 Å². The summed E-state index contributed by atoms with van der Waals surface area (Å²) in [5, 5.41) is 0. The second-order valence-corrected chi connectivity index (χ2v) is 10.4. The Morgan fingerprint density at radius 1 is 0.676 bits per heavy atom. The molecule has 0 unspecified atom stereocenters. The van der Waals surface area contributed by atoms with Crippen molar-refractivity contribution in [3.8, 4) is 11.3 Å². The van der Waals surface area contributed by atoms with Gasteiger partial charge in [0.25, 0.3) is 0 Å². The SMILES string of the molecule is Cc1cc(CCCN2CCN(Cc3ccnc(-c4cc(C)c(C)c(C)c4)c3)CC2)cc(C)c1C. The summed E-state index contributed by atoms with van der Waals surface area (Å²) < 4.78 is 0. The molecule has 0 amide bonds. The van der Waals surface area contributed by atoms with Crippen molar-refractivity contribution in [1.82, 2.24) is 14.8 Å². The van der Waals surface area contributed by atoms with E-state index in [4.69, 9.17) is 0 Å². The molecule has 3 nitrogen and oxygen atoms in total. The lowest BCUT2D eigenvalue weighted by Gasteiger charge is -2.34. The van der Waals surface area contributed by atoms with Gasteiger partial charge >= 0.3 is 0 Å². The molecule has 34 heavy (non-hydrogen) atoms. The summed E-state index contributed by atoms with van der Waals surface area (Å²) in [6.45, 7) is 20.1. The molecule has 3 heteroatoms. The molecule has 0 bridgehead atoms. The van der Waals surface area contributed by atoms with E-state index < -0.39 is 0 Å². The second-order valence-electron chi connectivity index (χ2n) is 10.4. The van der Waals surface area contributed by atoms with Gasteiger partial charge in [-0.15, -0.1) is 0 Å². The number of piperazine rings is 1. The number of hydrogen-bond donors (Lipinski definition) is 0. The van der Waals surface area contributed by atoms with Crippen LogP contribution in [0, 0.1) is 41.5 Å². The first-order valence-corrected chi connectivity index (χ1v) is 12.8. The first kappa shape index (κ1) is 24.6. The summed E-state index contributed by atoms with van der Waals surface area (Å²) in [5.74, 6) is 0. The fraction of sp³-hybridized carbons (Fsp3) is 0.452. The molecule has 1 aromatic heterocycles. The number of hydrogen-bond acceptors (Lipinski definition) is 3. The summed E-state index contributed by atoms with van der Waals surface area (Å²) in [5.41, 5.74) is 13.5. The molecule has 2 heterocycles. The number of aromatic nitrogens is 1. The van der Waals surface area contributed by atoms with Gasteiger partial charge in [-0.05, 0) is 130 Å². The zero-order valence-corrected chi connectivity index (χ0v) is 22.0. The standard InChI is InChI=1S/C31H41N3/c1-22-16-28(17-23(2)26(22)5)8-7-11-33-12-14-34(15-13-33)21-29-9-10-32-31(20-29)30-18-24(3)27(6)25(4)19-30/h9-10,16-20H,7-8,11-15,21H2,1-6H3. The first-order chi connectivity index (χ1) is 16.3. The van der Waals surface area contributed by atoms with Gasteiger partial charge < -0.3 is 4.90 Å². The van der Waals surface area contributed by atoms with E-state index in [1.807, 2.05) is 6.20 Å². The zero-order valence-electron chi connectivity index (χ0n) is 22.0. The summed E-state index contributed by atoms with van der Waals surface area (Å²) in [7, 11) is 0. The van der Waals surface area contributed by atoms with Crippen LogP contribution < -0.4 is 0 Å². The maximum atomic E-state index is 4.67. The van der Waals surface area contributed by atoms with Crippen LogP contribution in [0.5, 0.6) is 0 Å². The largest absolute Gasteiger partial charge is 0.301 e. The molecule has 0 saturated carbocycles. The molecule has 1 aliphatic heterocycles. The van der Waals surface area contributed by atoms with E-state index in [-0.39, 0.29) is 0 Å². The normalized spacial score (nSPS) is 15.1. The lowest BCUT2D eigenvalue weighted by atomic mass is 9.98. The highest BCUT2D eigenvalue weighted by Crippen LogP contribution is 2.24. The summed E-state index contributed by atoms with van der Waals surface area (Å²) >= 11 is 0. The second kappa shape index (κ2) is 10.8. The molecule has 0 spiro atoms. The molecular weight excluding hydrogens is 414 g/mol. The Labute approximate surface area is 206 Å². The van der Waals surface area contributed by atoms with Crippen LogP contribution in [0.15, 0.2) is 42.6 Å². The first-order valence-electron chi connectivity index (χ1n) is 12.8. The molecule has 0 radical (unpaired) electrons. The minimum absolute atomic E-state index is 1.01. The summed E-state index contributed by atoms with van der Waals surface area (Å²) in [6.07, 6.45) is 4.39. The van der Waals surface area contributed by atoms with Gasteiger partial charge in [0.15, 0.2) is 0 Å². The zero-order chi connectivity index (χ0) is 24.2. The van der Waals surface area contributed by atoms with E-state index in [1.54, 1.807) is 0 Å². The van der Waals surface area contributed by atoms with Crippen molar-refractivity contribution in [3.63, 3.8) is 0 Å². The monoisotopic (exact) mass is 455 g/mol. The summed E-state index contributed by atoms with van der Waals surface area (Å²) in [4.78, 5) is 9.90. The molecule has 2 aromatic carbocycles. The van der Waals surface area contributed by atoms with Gasteiger partial charge in [-0.1, -0.05) is 12.1 Å². The molecule has 180 valence electrons.